The summed E-state index contributed by atoms with van der Waals surface area (Å²) in [7, 11) is 0. The van der Waals surface area contributed by atoms with Crippen molar-refractivity contribution in [1.82, 2.24) is 9.80 Å². The zero-order valence-corrected chi connectivity index (χ0v) is 16.1. The maximum Gasteiger partial charge on any atom is 0.234 e. The molecule has 2 heterocycles. The molecule has 5 nitrogen and oxygen atoms in total. The number of nitrogens with zero attached hydrogens (tertiary/aromatic N) is 2. The molecule has 3 fully saturated rings. The van der Waals surface area contributed by atoms with Crippen LogP contribution in [0.3, 0.4) is 0 Å². The van der Waals surface area contributed by atoms with Gasteiger partial charge in [0.1, 0.15) is 0 Å². The number of nitrogens with two attached hydrogens (primary N) is 1. The van der Waals surface area contributed by atoms with Crippen LogP contribution in [0.5, 0.6) is 0 Å². The molecule has 25 heavy (non-hydrogen) atoms. The topological polar surface area (TPSA) is 66.6 Å². The highest BCUT2D eigenvalue weighted by molar-refractivity contribution is 5.84. The van der Waals surface area contributed by atoms with Crippen molar-refractivity contribution >= 4 is 11.8 Å². The molecule has 0 spiro atoms. The number of carbonyl (C=O) groups is 2. The zero-order chi connectivity index (χ0) is 18.4. The minimum atomic E-state index is -0.194. The molecular weight excluding hydrogens is 314 g/mol. The molecule has 140 valence electrons. The van der Waals surface area contributed by atoms with Crippen molar-refractivity contribution in [2.24, 2.45) is 23.0 Å². The number of piperidine rings is 1. The minimum Gasteiger partial charge on any atom is -0.368 e. The van der Waals surface area contributed by atoms with Crippen molar-refractivity contribution in [3.63, 3.8) is 0 Å². The van der Waals surface area contributed by atoms with Gasteiger partial charge in [-0.2, -0.15) is 0 Å². The van der Waals surface area contributed by atoms with Crippen molar-refractivity contribution < 1.29 is 9.59 Å². The van der Waals surface area contributed by atoms with Crippen molar-refractivity contribution in [1.29, 1.82) is 0 Å². The summed E-state index contributed by atoms with van der Waals surface area (Å²) in [5.41, 5.74) is 6.92. The Balaban J connectivity index is 1.57. The molecule has 0 radical (unpaired) electrons. The summed E-state index contributed by atoms with van der Waals surface area (Å²) in [5, 5.41) is 0. The van der Waals surface area contributed by atoms with Crippen LogP contribution in [0.1, 0.15) is 53.4 Å². The van der Waals surface area contributed by atoms with Gasteiger partial charge in [0, 0.05) is 19.1 Å². The predicted molar refractivity (Wildman–Crippen MR) is 98.7 cm³/mol. The third kappa shape index (κ3) is 3.48. The molecule has 1 aliphatic carbocycles. The van der Waals surface area contributed by atoms with Crippen molar-refractivity contribution in [3.05, 3.63) is 11.6 Å². The second-order valence-corrected chi connectivity index (χ2v) is 8.92. The summed E-state index contributed by atoms with van der Waals surface area (Å²) in [4.78, 5) is 28.9. The Morgan fingerprint density at radius 1 is 1.08 bits per heavy atom. The van der Waals surface area contributed by atoms with Crippen LogP contribution in [0.2, 0.25) is 0 Å². The predicted octanol–water partition coefficient (Wildman–Crippen LogP) is 2.17. The fourth-order valence-electron chi connectivity index (χ4n) is 4.97. The molecular formula is C20H33N3O2. The van der Waals surface area contributed by atoms with Crippen LogP contribution in [0.25, 0.3) is 0 Å². The lowest BCUT2D eigenvalue weighted by atomic mass is 10.0. The number of rotatable bonds is 4. The molecule has 0 aromatic heterocycles. The molecule has 0 aromatic rings. The first-order chi connectivity index (χ1) is 11.7. The molecule has 2 amide bonds. The first kappa shape index (κ1) is 18.4. The van der Waals surface area contributed by atoms with Gasteiger partial charge >= 0.3 is 0 Å². The molecule has 3 aliphatic rings. The second kappa shape index (κ2) is 6.75. The molecule has 3 atom stereocenters. The van der Waals surface area contributed by atoms with Crippen LogP contribution < -0.4 is 5.73 Å². The average molecular weight is 348 g/mol. The van der Waals surface area contributed by atoms with Crippen LogP contribution >= 0.6 is 0 Å². The van der Waals surface area contributed by atoms with Gasteiger partial charge in [-0.05, 0) is 57.4 Å². The first-order valence-corrected chi connectivity index (χ1v) is 9.72. The van der Waals surface area contributed by atoms with Gasteiger partial charge in [0.15, 0.2) is 0 Å². The molecule has 0 aromatic carbocycles. The number of hydrogen-bond donors (Lipinski definition) is 1. The van der Waals surface area contributed by atoms with E-state index in [0.717, 1.165) is 45.3 Å². The quantitative estimate of drug-likeness (QED) is 0.793. The van der Waals surface area contributed by atoms with E-state index in [1.807, 2.05) is 0 Å². The lowest BCUT2D eigenvalue weighted by Gasteiger charge is -2.38. The third-order valence-electron chi connectivity index (χ3n) is 6.56. The summed E-state index contributed by atoms with van der Waals surface area (Å²) >= 11 is 0. The number of carbonyl (C=O) groups excluding carboxylic acids is 2. The number of amides is 2. The van der Waals surface area contributed by atoms with Crippen molar-refractivity contribution in [2.75, 3.05) is 19.6 Å². The highest BCUT2D eigenvalue weighted by atomic mass is 16.2. The maximum atomic E-state index is 13.0. The zero-order valence-electron chi connectivity index (χ0n) is 16.1. The van der Waals surface area contributed by atoms with E-state index in [2.05, 4.69) is 43.6 Å². The van der Waals surface area contributed by atoms with Gasteiger partial charge in [-0.15, -0.1) is 0 Å². The van der Waals surface area contributed by atoms with Crippen LogP contribution in [-0.4, -0.2) is 53.3 Å². The maximum absolute atomic E-state index is 13.0. The van der Waals surface area contributed by atoms with Crippen LogP contribution in [0.4, 0.5) is 0 Å². The molecule has 0 bridgehead atoms. The van der Waals surface area contributed by atoms with E-state index in [4.69, 9.17) is 5.73 Å². The average Bonchev–Trinajstić information content (AvgIpc) is 2.92. The van der Waals surface area contributed by atoms with Gasteiger partial charge in [0.05, 0.1) is 12.0 Å². The highest BCUT2D eigenvalue weighted by Gasteiger charge is 2.61. The van der Waals surface area contributed by atoms with Gasteiger partial charge < -0.3 is 10.6 Å². The highest BCUT2D eigenvalue weighted by Crippen LogP contribution is 2.60. The van der Waals surface area contributed by atoms with Gasteiger partial charge in [-0.1, -0.05) is 25.5 Å². The summed E-state index contributed by atoms with van der Waals surface area (Å²) in [5.74, 6) is 0.628. The van der Waals surface area contributed by atoms with Gasteiger partial charge in [-0.25, -0.2) is 0 Å². The standard InChI is InChI=1S/C20H33N3O2/c1-13(2)12-15-17(20(15,3)4)19(25)22-10-7-14(8-11-22)23-9-5-6-16(23)18(21)24/h12,14-17H,5-11H2,1-4H3,(H2,21,24)/t15-,16+,17+/m1/s1. The second-order valence-electron chi connectivity index (χ2n) is 8.92. The molecule has 2 N–H and O–H groups in total. The third-order valence-corrected chi connectivity index (χ3v) is 6.56. The van der Waals surface area contributed by atoms with E-state index < -0.39 is 0 Å². The smallest absolute Gasteiger partial charge is 0.234 e. The molecule has 2 saturated heterocycles. The summed E-state index contributed by atoms with van der Waals surface area (Å²) in [6, 6.07) is 0.293. The lowest BCUT2D eigenvalue weighted by Crippen LogP contribution is -2.51. The van der Waals surface area contributed by atoms with Gasteiger partial charge in [-0.3, -0.25) is 14.5 Å². The summed E-state index contributed by atoms with van der Waals surface area (Å²) in [6.07, 6.45) is 6.10. The molecule has 2 aliphatic heterocycles. The van der Waals surface area contributed by atoms with E-state index in [1.54, 1.807) is 0 Å². The number of primary amides is 1. The SMILES string of the molecule is CC(C)=C[C@@H]1[C@@H](C(=O)N2CCC(N3CCC[C@H]3C(N)=O)CC2)C1(C)C. The Labute approximate surface area is 151 Å². The Bertz CT molecular complexity index is 571. The van der Waals surface area contributed by atoms with Crippen molar-refractivity contribution in [3.8, 4) is 0 Å². The van der Waals surface area contributed by atoms with E-state index in [-0.39, 0.29) is 23.3 Å². The fourth-order valence-corrected chi connectivity index (χ4v) is 4.97. The Morgan fingerprint density at radius 3 is 2.28 bits per heavy atom. The largest absolute Gasteiger partial charge is 0.368 e. The van der Waals surface area contributed by atoms with Crippen LogP contribution in [-0.2, 0) is 9.59 Å². The fraction of sp³-hybridized carbons (Fsp3) is 0.800. The van der Waals surface area contributed by atoms with Gasteiger partial charge in [0.2, 0.25) is 11.8 Å². The molecule has 1 saturated carbocycles. The van der Waals surface area contributed by atoms with Crippen molar-refractivity contribution in [2.45, 2.75) is 65.5 Å². The van der Waals surface area contributed by atoms with Crippen LogP contribution in [0.15, 0.2) is 11.6 Å². The number of allylic oxidation sites excluding steroid dienone is 2. The summed E-state index contributed by atoms with van der Waals surface area (Å²) < 4.78 is 0. The molecule has 0 unspecified atom stereocenters. The van der Waals surface area contributed by atoms with Crippen LogP contribution in [0, 0.1) is 17.3 Å². The van der Waals surface area contributed by atoms with E-state index in [0.29, 0.717) is 17.9 Å². The minimum absolute atomic E-state index is 0.0806. The number of hydrogen-bond acceptors (Lipinski definition) is 3. The van der Waals surface area contributed by atoms with E-state index in [9.17, 15) is 9.59 Å². The lowest BCUT2D eigenvalue weighted by molar-refractivity contribution is -0.135. The Kier molecular flexibility index (Phi) is 4.97. The normalized spacial score (nSPS) is 32.5. The first-order valence-electron chi connectivity index (χ1n) is 9.72. The van der Waals surface area contributed by atoms with E-state index in [1.165, 1.54) is 5.57 Å². The Hall–Kier alpha value is -1.36. The van der Waals surface area contributed by atoms with E-state index >= 15 is 0 Å². The number of likely N-dealkylation sites (tertiary alicyclic amines) is 2. The molecule has 3 rings (SSSR count). The monoisotopic (exact) mass is 347 g/mol. The summed E-state index contributed by atoms with van der Waals surface area (Å²) in [6.45, 7) is 11.2. The van der Waals surface area contributed by atoms with Gasteiger partial charge in [0.25, 0.3) is 0 Å². The molecule has 5 heteroatoms. The Morgan fingerprint density at radius 2 is 1.72 bits per heavy atom.